The van der Waals surface area contributed by atoms with E-state index in [1.165, 1.54) is 5.56 Å². The highest BCUT2D eigenvalue weighted by Gasteiger charge is 2.24. The third-order valence-corrected chi connectivity index (χ3v) is 2.88. The lowest BCUT2D eigenvalue weighted by atomic mass is 9.95. The predicted octanol–water partition coefficient (Wildman–Crippen LogP) is 1.10. The summed E-state index contributed by atoms with van der Waals surface area (Å²) < 4.78 is 5.40. The summed E-state index contributed by atoms with van der Waals surface area (Å²) in [7, 11) is 0. The van der Waals surface area contributed by atoms with Gasteiger partial charge in [0.2, 0.25) is 0 Å². The lowest BCUT2D eigenvalue weighted by Crippen LogP contribution is -2.27. The average molecular weight is 206 g/mol. The zero-order valence-electron chi connectivity index (χ0n) is 9.07. The van der Waals surface area contributed by atoms with E-state index in [4.69, 9.17) is 10.5 Å². The van der Waals surface area contributed by atoms with Crippen molar-refractivity contribution in [3.63, 3.8) is 0 Å². The lowest BCUT2D eigenvalue weighted by Gasteiger charge is -2.14. The van der Waals surface area contributed by atoms with Gasteiger partial charge in [-0.25, -0.2) is 0 Å². The summed E-state index contributed by atoms with van der Waals surface area (Å²) in [5.74, 6) is 1.38. The molecule has 0 amide bonds. The van der Waals surface area contributed by atoms with Gasteiger partial charge in [-0.15, -0.1) is 0 Å². The lowest BCUT2D eigenvalue weighted by molar-refractivity contribution is 0.340. The fraction of sp³-hybridized carbons (Fsp3) is 0.500. The van der Waals surface area contributed by atoms with Crippen LogP contribution < -0.4 is 15.8 Å². The van der Waals surface area contributed by atoms with E-state index in [0.29, 0.717) is 12.5 Å². The Morgan fingerprint density at radius 1 is 1.33 bits per heavy atom. The van der Waals surface area contributed by atoms with E-state index in [9.17, 15) is 0 Å². The van der Waals surface area contributed by atoms with E-state index in [1.807, 2.05) is 19.1 Å². The molecule has 0 aliphatic carbocycles. The molecular formula is C12H18N2O. The Morgan fingerprint density at radius 2 is 2.07 bits per heavy atom. The van der Waals surface area contributed by atoms with Crippen LogP contribution in [-0.2, 0) is 0 Å². The van der Waals surface area contributed by atoms with Gasteiger partial charge < -0.3 is 15.8 Å². The highest BCUT2D eigenvalue weighted by atomic mass is 16.5. The molecule has 1 aromatic rings. The number of nitrogens with two attached hydrogens (primary N) is 1. The molecule has 3 nitrogen and oxygen atoms in total. The summed E-state index contributed by atoms with van der Waals surface area (Å²) in [6.07, 6.45) is 0. The van der Waals surface area contributed by atoms with Crippen LogP contribution in [0, 0.1) is 0 Å². The van der Waals surface area contributed by atoms with Gasteiger partial charge in [-0.1, -0.05) is 12.1 Å². The van der Waals surface area contributed by atoms with Gasteiger partial charge in [-0.3, -0.25) is 0 Å². The van der Waals surface area contributed by atoms with Crippen LogP contribution in [-0.4, -0.2) is 25.7 Å². The molecule has 2 atom stereocenters. The number of rotatable bonds is 3. The van der Waals surface area contributed by atoms with Gasteiger partial charge >= 0.3 is 0 Å². The van der Waals surface area contributed by atoms with Crippen molar-refractivity contribution in [2.24, 2.45) is 5.73 Å². The van der Waals surface area contributed by atoms with Crippen molar-refractivity contribution in [2.75, 3.05) is 19.7 Å². The Bertz CT molecular complexity index is 310. The predicted molar refractivity (Wildman–Crippen MR) is 61.2 cm³/mol. The number of hydrogen-bond donors (Lipinski definition) is 2. The van der Waals surface area contributed by atoms with Gasteiger partial charge in [-0.05, 0) is 24.6 Å². The first-order valence-electron chi connectivity index (χ1n) is 5.50. The van der Waals surface area contributed by atoms with Crippen LogP contribution in [0.5, 0.6) is 5.75 Å². The second-order valence-electron chi connectivity index (χ2n) is 3.93. The van der Waals surface area contributed by atoms with Crippen LogP contribution in [0.25, 0.3) is 0 Å². The van der Waals surface area contributed by atoms with E-state index in [1.54, 1.807) is 0 Å². The highest BCUT2D eigenvalue weighted by Crippen LogP contribution is 2.23. The topological polar surface area (TPSA) is 47.3 Å². The van der Waals surface area contributed by atoms with Crippen LogP contribution in [0.4, 0.5) is 0 Å². The maximum Gasteiger partial charge on any atom is 0.119 e. The summed E-state index contributed by atoms with van der Waals surface area (Å²) >= 11 is 0. The van der Waals surface area contributed by atoms with Crippen LogP contribution in [0.1, 0.15) is 18.4 Å². The zero-order chi connectivity index (χ0) is 10.7. The van der Waals surface area contributed by atoms with Crippen LogP contribution in [0.15, 0.2) is 24.3 Å². The molecule has 15 heavy (non-hydrogen) atoms. The third-order valence-electron chi connectivity index (χ3n) is 2.88. The minimum atomic E-state index is 0.239. The van der Waals surface area contributed by atoms with Gasteiger partial charge in [0.05, 0.1) is 6.61 Å². The molecule has 2 rings (SSSR count). The van der Waals surface area contributed by atoms with Crippen molar-refractivity contribution in [1.29, 1.82) is 0 Å². The van der Waals surface area contributed by atoms with E-state index < -0.39 is 0 Å². The van der Waals surface area contributed by atoms with Crippen molar-refractivity contribution in [1.82, 2.24) is 5.32 Å². The number of benzene rings is 1. The molecule has 3 N–H and O–H groups in total. The first-order valence-corrected chi connectivity index (χ1v) is 5.50. The number of nitrogens with one attached hydrogen (secondary N) is 1. The molecule has 82 valence electrons. The molecule has 1 aliphatic heterocycles. The first-order chi connectivity index (χ1) is 7.31. The number of ether oxygens (including phenoxy) is 1. The molecule has 1 fully saturated rings. The van der Waals surface area contributed by atoms with Crippen LogP contribution in [0.2, 0.25) is 0 Å². The normalized spacial score (nSPS) is 25.5. The maximum atomic E-state index is 6.01. The Hall–Kier alpha value is -1.06. The third kappa shape index (κ3) is 2.30. The van der Waals surface area contributed by atoms with Crippen molar-refractivity contribution in [3.8, 4) is 5.75 Å². The van der Waals surface area contributed by atoms with E-state index in [2.05, 4.69) is 17.4 Å². The van der Waals surface area contributed by atoms with Gasteiger partial charge in [-0.2, -0.15) is 0 Å². The van der Waals surface area contributed by atoms with Gasteiger partial charge in [0.1, 0.15) is 5.75 Å². The Morgan fingerprint density at radius 3 is 2.60 bits per heavy atom. The van der Waals surface area contributed by atoms with Gasteiger partial charge in [0.25, 0.3) is 0 Å². The number of hydrogen-bond acceptors (Lipinski definition) is 3. The second kappa shape index (κ2) is 4.64. The SMILES string of the molecule is CCOc1ccc([C@H]2CNC[C@H]2N)cc1. The fourth-order valence-corrected chi connectivity index (χ4v) is 2.04. The highest BCUT2D eigenvalue weighted by molar-refractivity contribution is 5.31. The molecule has 0 saturated carbocycles. The van der Waals surface area contributed by atoms with Crippen LogP contribution in [0.3, 0.4) is 0 Å². The second-order valence-corrected chi connectivity index (χ2v) is 3.93. The summed E-state index contributed by atoms with van der Waals surface area (Å²) in [5.41, 5.74) is 7.32. The molecule has 0 radical (unpaired) electrons. The Labute approximate surface area is 90.6 Å². The van der Waals surface area contributed by atoms with Gasteiger partial charge in [0.15, 0.2) is 0 Å². The van der Waals surface area contributed by atoms with E-state index >= 15 is 0 Å². The summed E-state index contributed by atoms with van der Waals surface area (Å²) in [6.45, 7) is 4.60. The maximum absolute atomic E-state index is 6.01. The molecule has 1 aliphatic rings. The average Bonchev–Trinajstić information content (AvgIpc) is 2.66. The van der Waals surface area contributed by atoms with Crippen molar-refractivity contribution in [3.05, 3.63) is 29.8 Å². The molecule has 1 heterocycles. The van der Waals surface area contributed by atoms with Gasteiger partial charge in [0, 0.05) is 25.0 Å². The minimum Gasteiger partial charge on any atom is -0.494 e. The molecule has 3 heteroatoms. The van der Waals surface area contributed by atoms with Crippen molar-refractivity contribution in [2.45, 2.75) is 18.9 Å². The Balaban J connectivity index is 2.09. The van der Waals surface area contributed by atoms with E-state index in [-0.39, 0.29) is 6.04 Å². The van der Waals surface area contributed by atoms with Crippen molar-refractivity contribution < 1.29 is 4.74 Å². The minimum absolute atomic E-state index is 0.239. The first kappa shape index (κ1) is 10.5. The van der Waals surface area contributed by atoms with Crippen molar-refractivity contribution >= 4 is 0 Å². The molecule has 1 saturated heterocycles. The summed E-state index contributed by atoms with van der Waals surface area (Å²) in [5, 5.41) is 3.30. The standard InChI is InChI=1S/C12H18N2O/c1-2-15-10-5-3-9(4-6-10)11-7-14-8-12(11)13/h3-6,11-12,14H,2,7-8,13H2,1H3/t11-,12-/m1/s1. The van der Waals surface area contributed by atoms with Crippen LogP contribution >= 0.6 is 0 Å². The van der Waals surface area contributed by atoms with E-state index in [0.717, 1.165) is 18.8 Å². The largest absolute Gasteiger partial charge is 0.494 e. The molecule has 0 unspecified atom stereocenters. The Kier molecular flexibility index (Phi) is 3.23. The smallest absolute Gasteiger partial charge is 0.119 e. The summed E-state index contributed by atoms with van der Waals surface area (Å²) in [6, 6.07) is 8.50. The summed E-state index contributed by atoms with van der Waals surface area (Å²) in [4.78, 5) is 0. The molecular weight excluding hydrogens is 188 g/mol. The molecule has 1 aromatic carbocycles. The quantitative estimate of drug-likeness (QED) is 0.778. The molecule has 0 bridgehead atoms. The fourth-order valence-electron chi connectivity index (χ4n) is 2.04. The monoisotopic (exact) mass is 206 g/mol. The molecule has 0 aromatic heterocycles. The molecule has 0 spiro atoms. The zero-order valence-corrected chi connectivity index (χ0v) is 9.07.